The van der Waals surface area contributed by atoms with E-state index in [4.69, 9.17) is 4.74 Å². The number of fused-ring (bicyclic) bond motifs is 4. The van der Waals surface area contributed by atoms with Gasteiger partial charge in [-0.15, -0.1) is 0 Å². The van der Waals surface area contributed by atoms with Crippen molar-refractivity contribution < 1.29 is 14.6 Å². The lowest BCUT2D eigenvalue weighted by atomic mass is 9.91. The Morgan fingerprint density at radius 3 is 2.48 bits per heavy atom. The van der Waals surface area contributed by atoms with Crippen molar-refractivity contribution in [2.24, 2.45) is 5.92 Å². The molecule has 5 nitrogen and oxygen atoms in total. The molecule has 0 radical (unpaired) electrons. The van der Waals surface area contributed by atoms with Gasteiger partial charge in [-0.1, -0.05) is 30.3 Å². The Kier molecular flexibility index (Phi) is 5.41. The monoisotopic (exact) mass is 366 g/mol. The molecule has 3 fully saturated rings. The molecule has 27 heavy (non-hydrogen) atoms. The number of hydrogen-bond donors (Lipinski definition) is 2. The number of hydrogen-bond acceptors (Lipinski definition) is 4. The zero-order valence-corrected chi connectivity index (χ0v) is 15.4. The molecule has 0 aromatic heterocycles. The van der Waals surface area contributed by atoms with Gasteiger partial charge in [0.25, 0.3) is 5.91 Å². The van der Waals surface area contributed by atoms with Gasteiger partial charge in [-0.05, 0) is 61.7 Å². The molecule has 5 rings (SSSR count). The summed E-state index contributed by atoms with van der Waals surface area (Å²) in [6, 6.07) is 16.9. The number of benzene rings is 2. The third-order valence-electron chi connectivity index (χ3n) is 5.66. The lowest BCUT2D eigenvalue weighted by Crippen LogP contribution is -2.48. The van der Waals surface area contributed by atoms with E-state index in [1.807, 2.05) is 42.5 Å². The van der Waals surface area contributed by atoms with Crippen LogP contribution in [0, 0.1) is 5.92 Å². The maximum Gasteiger partial charge on any atom is 0.251 e. The topological polar surface area (TPSA) is 61.8 Å². The fourth-order valence-electron chi connectivity index (χ4n) is 4.02. The van der Waals surface area contributed by atoms with Crippen molar-refractivity contribution in [2.45, 2.75) is 31.6 Å². The highest BCUT2D eigenvalue weighted by Gasteiger charge is 2.37. The van der Waals surface area contributed by atoms with Crippen LogP contribution >= 0.6 is 0 Å². The molecule has 2 atom stereocenters. The van der Waals surface area contributed by atoms with Gasteiger partial charge in [0.1, 0.15) is 12.4 Å². The summed E-state index contributed by atoms with van der Waals surface area (Å²) in [5.41, 5.74) is 1.69. The number of rotatable bonds is 5. The number of amides is 1. The van der Waals surface area contributed by atoms with Crippen LogP contribution in [-0.4, -0.2) is 47.7 Å². The van der Waals surface area contributed by atoms with Crippen LogP contribution in [-0.2, 0) is 6.61 Å². The van der Waals surface area contributed by atoms with Gasteiger partial charge >= 0.3 is 0 Å². The maximum absolute atomic E-state index is 12.6. The van der Waals surface area contributed by atoms with Crippen molar-refractivity contribution in [3.05, 3.63) is 65.7 Å². The van der Waals surface area contributed by atoms with E-state index in [0.717, 1.165) is 43.8 Å². The van der Waals surface area contributed by atoms with Crippen LogP contribution in [0.4, 0.5) is 0 Å². The van der Waals surface area contributed by atoms with E-state index in [0.29, 0.717) is 18.1 Å². The van der Waals surface area contributed by atoms with Gasteiger partial charge in [0.2, 0.25) is 0 Å². The molecule has 5 heteroatoms. The summed E-state index contributed by atoms with van der Waals surface area (Å²) in [4.78, 5) is 14.9. The molecule has 3 saturated heterocycles. The van der Waals surface area contributed by atoms with Crippen LogP contribution in [0.2, 0.25) is 0 Å². The molecule has 0 spiro atoms. The Morgan fingerprint density at radius 2 is 1.78 bits per heavy atom. The van der Waals surface area contributed by atoms with Gasteiger partial charge < -0.3 is 20.1 Å². The lowest BCUT2D eigenvalue weighted by Gasteiger charge is -2.27. The number of carbonyl (C=O) groups is 1. The number of carbonyl (C=O) groups excluding carboxylic acids is 1. The van der Waals surface area contributed by atoms with E-state index in [9.17, 15) is 9.90 Å². The molecular weight excluding hydrogens is 340 g/mol. The van der Waals surface area contributed by atoms with E-state index >= 15 is 0 Å². The third kappa shape index (κ3) is 4.31. The minimum absolute atomic E-state index is 0.142. The molecule has 0 saturated carbocycles. The fourth-order valence-corrected chi connectivity index (χ4v) is 4.02. The van der Waals surface area contributed by atoms with Gasteiger partial charge in [-0.3, -0.25) is 4.79 Å². The summed E-state index contributed by atoms with van der Waals surface area (Å²) in [5, 5.41) is 13.6. The van der Waals surface area contributed by atoms with Crippen LogP contribution in [0.5, 0.6) is 5.75 Å². The second kappa shape index (κ2) is 8.11. The number of ether oxygens (including phenoxy) is 1. The first kappa shape index (κ1) is 18.0. The zero-order valence-electron chi connectivity index (χ0n) is 15.4. The molecule has 142 valence electrons. The van der Waals surface area contributed by atoms with Crippen molar-refractivity contribution in [1.29, 1.82) is 0 Å². The summed E-state index contributed by atoms with van der Waals surface area (Å²) >= 11 is 0. The van der Waals surface area contributed by atoms with Crippen molar-refractivity contribution >= 4 is 5.91 Å². The summed E-state index contributed by atoms with van der Waals surface area (Å²) in [6.45, 7) is 3.25. The Morgan fingerprint density at radius 1 is 1.07 bits per heavy atom. The number of piperidine rings is 1. The highest BCUT2D eigenvalue weighted by Crippen LogP contribution is 2.27. The fraction of sp³-hybridized carbons (Fsp3) is 0.409. The van der Waals surface area contributed by atoms with E-state index in [1.165, 1.54) is 0 Å². The summed E-state index contributed by atoms with van der Waals surface area (Å²) in [5.74, 6) is 0.882. The van der Waals surface area contributed by atoms with Gasteiger partial charge in [-0.2, -0.15) is 0 Å². The Labute approximate surface area is 160 Å². The second-order valence-electron chi connectivity index (χ2n) is 7.51. The average Bonchev–Trinajstić information content (AvgIpc) is 2.95. The molecular formula is C22H26N2O3. The smallest absolute Gasteiger partial charge is 0.251 e. The quantitative estimate of drug-likeness (QED) is 0.853. The maximum atomic E-state index is 12.6. The summed E-state index contributed by atoms with van der Waals surface area (Å²) < 4.78 is 5.77. The van der Waals surface area contributed by atoms with Gasteiger partial charge in [0.15, 0.2) is 0 Å². The van der Waals surface area contributed by atoms with E-state index in [-0.39, 0.29) is 11.9 Å². The van der Waals surface area contributed by atoms with Crippen LogP contribution in [0.1, 0.15) is 28.8 Å². The predicted octanol–water partition coefficient (Wildman–Crippen LogP) is 2.45. The molecule has 2 N–H and O–H groups in total. The molecule has 3 aliphatic heterocycles. The molecule has 1 amide bonds. The molecule has 2 bridgehead atoms. The van der Waals surface area contributed by atoms with Crippen molar-refractivity contribution in [3.63, 3.8) is 0 Å². The minimum atomic E-state index is -0.463. The number of nitrogens with zero attached hydrogens (tertiary/aromatic N) is 1. The summed E-state index contributed by atoms with van der Waals surface area (Å²) in [7, 11) is 0. The normalized spacial score (nSPS) is 27.0. The van der Waals surface area contributed by atoms with Crippen LogP contribution < -0.4 is 10.1 Å². The Bertz CT molecular complexity index is 755. The molecule has 3 aliphatic rings. The third-order valence-corrected chi connectivity index (χ3v) is 5.66. The Balaban J connectivity index is 1.35. The molecule has 2 aromatic rings. The first-order valence-electron chi connectivity index (χ1n) is 9.67. The van der Waals surface area contributed by atoms with Crippen molar-refractivity contribution in [3.8, 4) is 5.75 Å². The highest BCUT2D eigenvalue weighted by atomic mass is 16.5. The first-order chi connectivity index (χ1) is 13.2. The average molecular weight is 366 g/mol. The first-order valence-corrected chi connectivity index (χ1v) is 9.67. The SMILES string of the molecule is O=C(N[C@@H]1CN2CCC(CC2)[C@H]1O)c1ccc(OCc2ccccc2)cc1. The molecule has 3 heterocycles. The van der Waals surface area contributed by atoms with E-state index < -0.39 is 6.10 Å². The molecule has 0 unspecified atom stereocenters. The number of aliphatic hydroxyl groups is 1. The van der Waals surface area contributed by atoms with Crippen molar-refractivity contribution in [1.82, 2.24) is 10.2 Å². The molecule has 0 aliphatic carbocycles. The number of nitrogens with one attached hydrogen (secondary N) is 1. The minimum Gasteiger partial charge on any atom is -0.489 e. The van der Waals surface area contributed by atoms with E-state index in [1.54, 1.807) is 12.1 Å². The van der Waals surface area contributed by atoms with Gasteiger partial charge in [0.05, 0.1) is 12.1 Å². The van der Waals surface area contributed by atoms with Gasteiger partial charge in [0, 0.05) is 12.1 Å². The van der Waals surface area contributed by atoms with Crippen molar-refractivity contribution in [2.75, 3.05) is 19.6 Å². The largest absolute Gasteiger partial charge is 0.489 e. The Hall–Kier alpha value is -2.37. The van der Waals surface area contributed by atoms with Crippen LogP contribution in [0.3, 0.4) is 0 Å². The van der Waals surface area contributed by atoms with E-state index in [2.05, 4.69) is 10.2 Å². The standard InChI is InChI=1S/C22H26N2O3/c25-21-17-10-12-24(13-11-17)14-20(21)23-22(26)18-6-8-19(9-7-18)27-15-16-4-2-1-3-5-16/h1-9,17,20-21,25H,10-15H2,(H,23,26)/t20-,21-/m1/s1. The lowest BCUT2D eigenvalue weighted by molar-refractivity contribution is 0.0654. The highest BCUT2D eigenvalue weighted by molar-refractivity contribution is 5.94. The van der Waals surface area contributed by atoms with Crippen LogP contribution in [0.25, 0.3) is 0 Å². The molecule has 2 aromatic carbocycles. The predicted molar refractivity (Wildman–Crippen MR) is 104 cm³/mol. The van der Waals surface area contributed by atoms with Gasteiger partial charge in [-0.25, -0.2) is 0 Å². The van der Waals surface area contributed by atoms with Crippen LogP contribution in [0.15, 0.2) is 54.6 Å². The summed E-state index contributed by atoms with van der Waals surface area (Å²) in [6.07, 6.45) is 1.57. The number of aliphatic hydroxyl groups excluding tert-OH is 1. The second-order valence-corrected chi connectivity index (χ2v) is 7.51. The zero-order chi connectivity index (χ0) is 18.6.